The van der Waals surface area contributed by atoms with Crippen molar-refractivity contribution >= 4 is 11.6 Å². The summed E-state index contributed by atoms with van der Waals surface area (Å²) in [6.07, 6.45) is 1.85. The lowest BCUT2D eigenvalue weighted by molar-refractivity contribution is 0.0738. The number of rotatable bonds is 5. The van der Waals surface area contributed by atoms with Gasteiger partial charge in [-0.05, 0) is 43.5 Å². The van der Waals surface area contributed by atoms with E-state index in [2.05, 4.69) is 49.0 Å². The first-order valence-electron chi connectivity index (χ1n) is 9.70. The molecule has 0 atom stereocenters. The SMILES string of the molecule is CCCCn1nc(C(=O)N2CCN(c3cccc(C)c3C)CC2)ccc1=O. The van der Waals surface area contributed by atoms with Crippen molar-refractivity contribution in [2.45, 2.75) is 40.2 Å². The minimum absolute atomic E-state index is 0.0964. The summed E-state index contributed by atoms with van der Waals surface area (Å²) in [5.41, 5.74) is 4.02. The molecule has 1 aromatic heterocycles. The number of aromatic nitrogens is 2. The molecule has 0 unspecified atom stereocenters. The molecule has 3 rings (SSSR count). The molecular formula is C21H28N4O2. The predicted octanol–water partition coefficient (Wildman–Crippen LogP) is 2.62. The van der Waals surface area contributed by atoms with Gasteiger partial charge >= 0.3 is 0 Å². The summed E-state index contributed by atoms with van der Waals surface area (Å²) in [7, 11) is 0. The fraction of sp³-hybridized carbons (Fsp3) is 0.476. The van der Waals surface area contributed by atoms with E-state index >= 15 is 0 Å². The van der Waals surface area contributed by atoms with Crippen molar-refractivity contribution in [3.8, 4) is 0 Å². The van der Waals surface area contributed by atoms with E-state index < -0.39 is 0 Å². The Morgan fingerprint density at radius 2 is 1.81 bits per heavy atom. The minimum atomic E-state index is -0.153. The number of aryl methyl sites for hydroxylation is 2. The van der Waals surface area contributed by atoms with Gasteiger partial charge in [0.1, 0.15) is 5.69 Å². The highest BCUT2D eigenvalue weighted by molar-refractivity contribution is 5.92. The average Bonchev–Trinajstić information content (AvgIpc) is 2.69. The molecule has 0 aliphatic carbocycles. The number of hydrogen-bond donors (Lipinski definition) is 0. The highest BCUT2D eigenvalue weighted by Crippen LogP contribution is 2.24. The van der Waals surface area contributed by atoms with E-state index in [-0.39, 0.29) is 11.5 Å². The third kappa shape index (κ3) is 4.21. The van der Waals surface area contributed by atoms with Crippen LogP contribution in [0.5, 0.6) is 0 Å². The maximum absolute atomic E-state index is 12.8. The second-order valence-corrected chi connectivity index (χ2v) is 7.13. The van der Waals surface area contributed by atoms with Crippen LogP contribution in [0.4, 0.5) is 5.69 Å². The topological polar surface area (TPSA) is 58.4 Å². The maximum atomic E-state index is 12.8. The lowest BCUT2D eigenvalue weighted by atomic mass is 10.1. The van der Waals surface area contributed by atoms with Gasteiger partial charge in [0.05, 0.1) is 0 Å². The summed E-state index contributed by atoms with van der Waals surface area (Å²) >= 11 is 0. The van der Waals surface area contributed by atoms with Gasteiger partial charge in [-0.3, -0.25) is 9.59 Å². The Hall–Kier alpha value is -2.63. The third-order valence-electron chi connectivity index (χ3n) is 5.29. The second-order valence-electron chi connectivity index (χ2n) is 7.13. The lowest BCUT2D eigenvalue weighted by Crippen LogP contribution is -2.49. The van der Waals surface area contributed by atoms with Gasteiger partial charge < -0.3 is 9.80 Å². The first-order valence-corrected chi connectivity index (χ1v) is 9.70. The number of piperazine rings is 1. The molecule has 0 N–H and O–H groups in total. The molecule has 2 heterocycles. The molecule has 6 heteroatoms. The average molecular weight is 368 g/mol. The molecule has 6 nitrogen and oxygen atoms in total. The molecule has 0 radical (unpaired) electrons. The fourth-order valence-corrected chi connectivity index (χ4v) is 3.42. The maximum Gasteiger partial charge on any atom is 0.274 e. The first kappa shape index (κ1) is 19.1. The van der Waals surface area contributed by atoms with Crippen LogP contribution in [0, 0.1) is 13.8 Å². The van der Waals surface area contributed by atoms with Crippen molar-refractivity contribution in [3.05, 3.63) is 57.5 Å². The van der Waals surface area contributed by atoms with Gasteiger partial charge in [0.25, 0.3) is 11.5 Å². The van der Waals surface area contributed by atoms with Crippen LogP contribution in [-0.2, 0) is 6.54 Å². The molecular weight excluding hydrogens is 340 g/mol. The Bertz CT molecular complexity index is 867. The number of anilines is 1. The molecule has 0 saturated carbocycles. The zero-order valence-corrected chi connectivity index (χ0v) is 16.4. The molecule has 1 aromatic carbocycles. The van der Waals surface area contributed by atoms with E-state index in [1.165, 1.54) is 27.6 Å². The number of hydrogen-bond acceptors (Lipinski definition) is 4. The quantitative estimate of drug-likeness (QED) is 0.814. The summed E-state index contributed by atoms with van der Waals surface area (Å²) in [5.74, 6) is -0.0964. The Kier molecular flexibility index (Phi) is 5.94. The highest BCUT2D eigenvalue weighted by Gasteiger charge is 2.24. The summed E-state index contributed by atoms with van der Waals surface area (Å²) in [6, 6.07) is 9.34. The van der Waals surface area contributed by atoms with Crippen molar-refractivity contribution in [1.82, 2.24) is 14.7 Å². The monoisotopic (exact) mass is 368 g/mol. The molecule has 0 spiro atoms. The number of benzene rings is 1. The van der Waals surface area contributed by atoms with Gasteiger partial charge in [-0.15, -0.1) is 0 Å². The molecule has 27 heavy (non-hydrogen) atoms. The van der Waals surface area contributed by atoms with Gasteiger partial charge in [-0.2, -0.15) is 5.10 Å². The fourth-order valence-electron chi connectivity index (χ4n) is 3.42. The number of amides is 1. The normalized spacial score (nSPS) is 14.5. The molecule has 1 amide bonds. The minimum Gasteiger partial charge on any atom is -0.368 e. The molecule has 1 saturated heterocycles. The second kappa shape index (κ2) is 8.37. The Labute approximate surface area is 160 Å². The number of carbonyl (C=O) groups excluding carboxylic acids is 1. The van der Waals surface area contributed by atoms with E-state index in [9.17, 15) is 9.59 Å². The van der Waals surface area contributed by atoms with Gasteiger partial charge in [0, 0.05) is 44.5 Å². The molecule has 144 valence electrons. The smallest absolute Gasteiger partial charge is 0.274 e. The number of nitrogens with zero attached hydrogens (tertiary/aromatic N) is 4. The molecule has 1 aliphatic heterocycles. The van der Waals surface area contributed by atoms with Crippen molar-refractivity contribution < 1.29 is 4.79 Å². The van der Waals surface area contributed by atoms with Gasteiger partial charge in [-0.1, -0.05) is 25.5 Å². The molecule has 1 fully saturated rings. The predicted molar refractivity (Wildman–Crippen MR) is 107 cm³/mol. The van der Waals surface area contributed by atoms with Crippen LogP contribution in [0.2, 0.25) is 0 Å². The van der Waals surface area contributed by atoms with E-state index in [1.54, 1.807) is 6.07 Å². The van der Waals surface area contributed by atoms with Crippen LogP contribution in [0.1, 0.15) is 41.4 Å². The Morgan fingerprint density at radius 1 is 1.07 bits per heavy atom. The van der Waals surface area contributed by atoms with E-state index in [0.29, 0.717) is 25.3 Å². The van der Waals surface area contributed by atoms with Crippen LogP contribution in [0.3, 0.4) is 0 Å². The Balaban J connectivity index is 1.68. The lowest BCUT2D eigenvalue weighted by Gasteiger charge is -2.37. The van der Waals surface area contributed by atoms with E-state index in [1.807, 2.05) is 4.90 Å². The van der Waals surface area contributed by atoms with Gasteiger partial charge in [-0.25, -0.2) is 4.68 Å². The zero-order valence-electron chi connectivity index (χ0n) is 16.4. The summed E-state index contributed by atoms with van der Waals surface area (Å²) in [4.78, 5) is 28.9. The van der Waals surface area contributed by atoms with Crippen LogP contribution in [-0.4, -0.2) is 46.8 Å². The zero-order chi connectivity index (χ0) is 19.4. The first-order chi connectivity index (χ1) is 13.0. The summed E-state index contributed by atoms with van der Waals surface area (Å²) < 4.78 is 1.41. The van der Waals surface area contributed by atoms with Crippen LogP contribution in [0.25, 0.3) is 0 Å². The largest absolute Gasteiger partial charge is 0.368 e. The standard InChI is InChI=1S/C21H28N4O2/c1-4-5-11-25-20(26)10-9-18(22-25)21(27)24-14-12-23(13-15-24)19-8-6-7-16(2)17(19)3/h6-10H,4-5,11-15H2,1-3H3. The van der Waals surface area contributed by atoms with E-state index in [4.69, 9.17) is 0 Å². The third-order valence-corrected chi connectivity index (χ3v) is 5.29. The van der Waals surface area contributed by atoms with Crippen molar-refractivity contribution in [1.29, 1.82) is 0 Å². The van der Waals surface area contributed by atoms with Crippen molar-refractivity contribution in [2.24, 2.45) is 0 Å². The molecule has 1 aliphatic rings. The molecule has 0 bridgehead atoms. The number of carbonyl (C=O) groups is 1. The van der Waals surface area contributed by atoms with Gasteiger partial charge in [0.15, 0.2) is 0 Å². The highest BCUT2D eigenvalue weighted by atomic mass is 16.2. The van der Waals surface area contributed by atoms with Crippen LogP contribution < -0.4 is 10.5 Å². The van der Waals surface area contributed by atoms with Crippen molar-refractivity contribution in [2.75, 3.05) is 31.1 Å². The van der Waals surface area contributed by atoms with Crippen LogP contribution in [0.15, 0.2) is 35.1 Å². The van der Waals surface area contributed by atoms with Crippen LogP contribution >= 0.6 is 0 Å². The Morgan fingerprint density at radius 3 is 2.52 bits per heavy atom. The summed E-state index contributed by atoms with van der Waals surface area (Å²) in [5, 5.41) is 4.29. The van der Waals surface area contributed by atoms with E-state index in [0.717, 1.165) is 25.9 Å². The van der Waals surface area contributed by atoms with Gasteiger partial charge in [0.2, 0.25) is 0 Å². The van der Waals surface area contributed by atoms with Crippen molar-refractivity contribution in [3.63, 3.8) is 0 Å². The molecule has 2 aromatic rings. The number of unbranched alkanes of at least 4 members (excludes halogenated alkanes) is 1. The summed E-state index contributed by atoms with van der Waals surface area (Å²) in [6.45, 7) is 9.79.